The van der Waals surface area contributed by atoms with Crippen molar-refractivity contribution in [1.82, 2.24) is 4.90 Å². The van der Waals surface area contributed by atoms with E-state index in [1.165, 1.54) is 27.7 Å². The summed E-state index contributed by atoms with van der Waals surface area (Å²) in [5.74, 6) is -1.19. The molecule has 86 valence electrons. The van der Waals surface area contributed by atoms with Gasteiger partial charge in [0.05, 0.1) is 0 Å². The van der Waals surface area contributed by atoms with Crippen LogP contribution in [0.4, 0.5) is 4.79 Å². The van der Waals surface area contributed by atoms with Crippen LogP contribution in [0.5, 0.6) is 0 Å². The first-order valence-corrected chi connectivity index (χ1v) is 4.59. The van der Waals surface area contributed by atoms with Gasteiger partial charge in [0, 0.05) is 0 Å². The second-order valence-corrected chi connectivity index (χ2v) is 4.28. The maximum absolute atomic E-state index is 11.4. The van der Waals surface area contributed by atoms with Gasteiger partial charge >= 0.3 is 12.1 Å². The molecular weight excluding hydrogens is 202 g/mol. The summed E-state index contributed by atoms with van der Waals surface area (Å²) in [5, 5.41) is 18.9. The van der Waals surface area contributed by atoms with Crippen LogP contribution in [0.3, 0.4) is 0 Å². The Bertz CT molecular complexity index is 310. The molecule has 1 aliphatic heterocycles. The van der Waals surface area contributed by atoms with Crippen molar-refractivity contribution in [1.29, 1.82) is 0 Å². The highest BCUT2D eigenvalue weighted by Crippen LogP contribution is 2.38. The fraction of sp³-hybridized carbons (Fsp3) is 0.778. The van der Waals surface area contributed by atoms with Crippen molar-refractivity contribution in [2.75, 3.05) is 0 Å². The summed E-state index contributed by atoms with van der Waals surface area (Å²) >= 11 is 0. The molecule has 15 heavy (non-hydrogen) atoms. The zero-order chi connectivity index (χ0) is 12.0. The first-order chi connectivity index (χ1) is 6.61. The zero-order valence-corrected chi connectivity index (χ0v) is 9.14. The number of carboxylic acid groups (broad SMARTS) is 1. The highest BCUT2D eigenvalue weighted by atomic mass is 16.6. The Hall–Kier alpha value is -1.30. The van der Waals surface area contributed by atoms with Crippen LogP contribution >= 0.6 is 0 Å². The van der Waals surface area contributed by atoms with Gasteiger partial charge in [0.1, 0.15) is 6.04 Å². The van der Waals surface area contributed by atoms with Crippen LogP contribution < -0.4 is 0 Å². The second kappa shape index (κ2) is 3.10. The average molecular weight is 217 g/mol. The molecule has 0 aromatic carbocycles. The van der Waals surface area contributed by atoms with Crippen LogP contribution in [0, 0.1) is 0 Å². The van der Waals surface area contributed by atoms with Gasteiger partial charge in [0.15, 0.2) is 11.3 Å². The second-order valence-electron chi connectivity index (χ2n) is 4.28. The lowest BCUT2D eigenvalue weighted by Gasteiger charge is -2.36. The van der Waals surface area contributed by atoms with Gasteiger partial charge in [-0.05, 0) is 27.7 Å². The SMILES string of the molecule is C[C@@H](C(=O)O)N1C(=O)OC(C)(C)[C@@]1(C)O. The van der Waals surface area contributed by atoms with E-state index in [0.29, 0.717) is 0 Å². The lowest BCUT2D eigenvalue weighted by molar-refractivity contribution is -0.159. The number of carbonyl (C=O) groups is 2. The first-order valence-electron chi connectivity index (χ1n) is 4.59. The molecule has 1 saturated heterocycles. The molecule has 1 amide bonds. The van der Waals surface area contributed by atoms with Crippen LogP contribution in [0.2, 0.25) is 0 Å². The zero-order valence-electron chi connectivity index (χ0n) is 9.14. The summed E-state index contributed by atoms with van der Waals surface area (Å²) in [6.07, 6.45) is -0.820. The van der Waals surface area contributed by atoms with Crippen LogP contribution in [0.15, 0.2) is 0 Å². The molecule has 2 N–H and O–H groups in total. The molecule has 0 bridgehead atoms. The lowest BCUT2D eigenvalue weighted by atomic mass is 9.95. The predicted molar refractivity (Wildman–Crippen MR) is 50.1 cm³/mol. The summed E-state index contributed by atoms with van der Waals surface area (Å²) in [7, 11) is 0. The molecule has 1 aliphatic rings. The molecule has 0 saturated carbocycles. The normalized spacial score (nSPS) is 31.3. The average Bonchev–Trinajstić information content (AvgIpc) is 2.16. The molecule has 1 heterocycles. The molecule has 2 atom stereocenters. The van der Waals surface area contributed by atoms with Gasteiger partial charge in [-0.25, -0.2) is 9.59 Å². The molecule has 0 radical (unpaired) electrons. The van der Waals surface area contributed by atoms with Crippen LogP contribution in [0.25, 0.3) is 0 Å². The number of rotatable bonds is 2. The minimum Gasteiger partial charge on any atom is -0.480 e. The third-order valence-corrected chi connectivity index (χ3v) is 2.89. The Morgan fingerprint density at radius 1 is 1.47 bits per heavy atom. The van der Waals surface area contributed by atoms with Crippen LogP contribution in [0.1, 0.15) is 27.7 Å². The summed E-state index contributed by atoms with van der Waals surface area (Å²) in [6, 6.07) is -1.13. The fourth-order valence-corrected chi connectivity index (χ4v) is 1.48. The Morgan fingerprint density at radius 2 is 1.93 bits per heavy atom. The largest absolute Gasteiger partial charge is 0.480 e. The van der Waals surface area contributed by atoms with Crippen molar-refractivity contribution in [3.63, 3.8) is 0 Å². The monoisotopic (exact) mass is 217 g/mol. The number of aliphatic hydroxyl groups is 1. The van der Waals surface area contributed by atoms with Crippen molar-refractivity contribution in [3.05, 3.63) is 0 Å². The van der Waals surface area contributed by atoms with Gasteiger partial charge in [0.2, 0.25) is 0 Å². The van der Waals surface area contributed by atoms with Crippen LogP contribution in [-0.2, 0) is 9.53 Å². The minimum absolute atomic E-state index is 0.820. The molecule has 0 aliphatic carbocycles. The number of aliphatic carboxylic acids is 1. The number of cyclic esters (lactones) is 1. The summed E-state index contributed by atoms with van der Waals surface area (Å²) in [6.45, 7) is 5.73. The van der Waals surface area contributed by atoms with E-state index in [4.69, 9.17) is 9.84 Å². The summed E-state index contributed by atoms with van der Waals surface area (Å²) < 4.78 is 4.92. The number of hydrogen-bond donors (Lipinski definition) is 2. The number of carbonyl (C=O) groups excluding carboxylic acids is 1. The Balaban J connectivity index is 3.10. The topological polar surface area (TPSA) is 87.1 Å². The van der Waals surface area contributed by atoms with Crippen LogP contribution in [-0.4, -0.2) is 44.5 Å². The smallest absolute Gasteiger partial charge is 0.413 e. The third kappa shape index (κ3) is 1.54. The quantitative estimate of drug-likeness (QED) is 0.699. The van der Waals surface area contributed by atoms with E-state index < -0.39 is 29.4 Å². The molecule has 0 aromatic heterocycles. The van der Waals surface area contributed by atoms with E-state index in [9.17, 15) is 14.7 Å². The number of carboxylic acids is 1. The number of ether oxygens (including phenoxy) is 1. The van der Waals surface area contributed by atoms with E-state index in [-0.39, 0.29) is 0 Å². The van der Waals surface area contributed by atoms with Gasteiger partial charge in [0.25, 0.3) is 0 Å². The van der Waals surface area contributed by atoms with Gasteiger partial charge in [-0.3, -0.25) is 4.90 Å². The van der Waals surface area contributed by atoms with E-state index in [2.05, 4.69) is 0 Å². The van der Waals surface area contributed by atoms with E-state index in [1.54, 1.807) is 0 Å². The molecule has 1 fully saturated rings. The Labute approximate surface area is 87.4 Å². The third-order valence-electron chi connectivity index (χ3n) is 2.89. The minimum atomic E-state index is -1.64. The maximum Gasteiger partial charge on any atom is 0.413 e. The van der Waals surface area contributed by atoms with Crippen molar-refractivity contribution in [2.24, 2.45) is 0 Å². The number of hydrogen-bond acceptors (Lipinski definition) is 4. The number of amides is 1. The summed E-state index contributed by atoms with van der Waals surface area (Å²) in [5.41, 5.74) is -2.77. The van der Waals surface area contributed by atoms with E-state index in [1.807, 2.05) is 0 Å². The molecule has 6 heteroatoms. The highest BCUT2D eigenvalue weighted by molar-refractivity contribution is 5.81. The first kappa shape index (κ1) is 11.8. The van der Waals surface area contributed by atoms with Gasteiger partial charge in [-0.15, -0.1) is 0 Å². The van der Waals surface area contributed by atoms with E-state index in [0.717, 1.165) is 4.90 Å². The Morgan fingerprint density at radius 3 is 2.20 bits per heavy atom. The lowest BCUT2D eigenvalue weighted by Crippen LogP contribution is -2.58. The van der Waals surface area contributed by atoms with Gasteiger partial charge in [-0.2, -0.15) is 0 Å². The fourth-order valence-electron chi connectivity index (χ4n) is 1.48. The molecule has 0 unspecified atom stereocenters. The molecular formula is C9H15NO5. The van der Waals surface area contributed by atoms with Gasteiger partial charge < -0.3 is 14.9 Å². The molecule has 6 nitrogen and oxygen atoms in total. The standard InChI is InChI=1S/C9H15NO5/c1-5(6(11)12)10-7(13)15-8(2,3)9(10,4)14/h5,14H,1-4H3,(H,11,12)/t5-,9+/m0/s1. The predicted octanol–water partition coefficient (Wildman–Crippen LogP) is 0.399. The maximum atomic E-state index is 11.4. The number of nitrogens with zero attached hydrogens (tertiary/aromatic N) is 1. The summed E-state index contributed by atoms with van der Waals surface area (Å²) in [4.78, 5) is 23.0. The molecule has 0 aromatic rings. The van der Waals surface area contributed by atoms with Crippen molar-refractivity contribution in [2.45, 2.75) is 45.1 Å². The molecule has 0 spiro atoms. The van der Waals surface area contributed by atoms with Crippen molar-refractivity contribution >= 4 is 12.1 Å². The van der Waals surface area contributed by atoms with E-state index >= 15 is 0 Å². The molecule has 1 rings (SSSR count). The highest BCUT2D eigenvalue weighted by Gasteiger charge is 2.59. The van der Waals surface area contributed by atoms with Gasteiger partial charge in [-0.1, -0.05) is 0 Å². The Kier molecular flexibility index (Phi) is 2.43. The van der Waals surface area contributed by atoms with Crippen molar-refractivity contribution in [3.8, 4) is 0 Å². The van der Waals surface area contributed by atoms with Crippen molar-refractivity contribution < 1.29 is 24.5 Å².